The maximum absolute atomic E-state index is 5.36. The molecule has 6 rings (SSSR count). The van der Waals surface area contributed by atoms with E-state index in [0.29, 0.717) is 5.92 Å². The van der Waals surface area contributed by atoms with E-state index in [2.05, 4.69) is 120 Å². The van der Waals surface area contributed by atoms with Crippen molar-refractivity contribution in [3.05, 3.63) is 114 Å². The Morgan fingerprint density at radius 2 is 1.44 bits per heavy atom. The summed E-state index contributed by atoms with van der Waals surface area (Å²) in [5.74, 6) is 1.22. The van der Waals surface area contributed by atoms with Gasteiger partial charge in [-0.1, -0.05) is 85.0 Å². The van der Waals surface area contributed by atoms with E-state index in [-0.39, 0.29) is 11.6 Å². The molecule has 32 heavy (non-hydrogen) atoms. The van der Waals surface area contributed by atoms with Crippen LogP contribution in [0.4, 0.5) is 0 Å². The van der Waals surface area contributed by atoms with Crippen molar-refractivity contribution in [1.29, 1.82) is 0 Å². The second kappa shape index (κ2) is 7.23. The molecule has 0 N–H and O–H groups in total. The number of likely N-dealkylation sites (N-methyl/N-ethyl adjacent to an activating group) is 1. The molecule has 3 aromatic carbocycles. The molecule has 158 valence electrons. The Bertz CT molecular complexity index is 1210. The maximum atomic E-state index is 5.36. The van der Waals surface area contributed by atoms with E-state index in [9.17, 15) is 0 Å². The summed E-state index contributed by atoms with van der Waals surface area (Å²) < 4.78 is 7.90. The van der Waals surface area contributed by atoms with Crippen molar-refractivity contribution >= 4 is 6.34 Å². The second-order valence-corrected chi connectivity index (χ2v) is 8.90. The van der Waals surface area contributed by atoms with E-state index in [0.717, 1.165) is 12.3 Å². The zero-order chi connectivity index (χ0) is 21.7. The number of rotatable bonds is 4. The molecule has 1 spiro atoms. The lowest BCUT2D eigenvalue weighted by Crippen LogP contribution is -2.51. The average molecular weight is 420 g/mol. The molecule has 1 unspecified atom stereocenters. The predicted octanol–water partition coefficient (Wildman–Crippen LogP) is 5.22. The highest BCUT2D eigenvalue weighted by Crippen LogP contribution is 2.55. The van der Waals surface area contributed by atoms with Crippen molar-refractivity contribution < 1.29 is 9.31 Å². The highest BCUT2D eigenvalue weighted by Gasteiger charge is 2.62. The smallest absolute Gasteiger partial charge is 0.235 e. The molecule has 0 saturated carbocycles. The quantitative estimate of drug-likeness (QED) is 0.539. The SMILES string of the molecule is COc1ccc(C[N+]2=CN(C)C3(c4ccccc4-c4ccccc43)C2C2C=CC=C2)cc1. The molecule has 1 heterocycles. The van der Waals surface area contributed by atoms with Gasteiger partial charge in [0.1, 0.15) is 12.3 Å². The number of ether oxygens (including phenoxy) is 1. The Kier molecular flexibility index (Phi) is 4.32. The minimum Gasteiger partial charge on any atom is -0.497 e. The van der Waals surface area contributed by atoms with E-state index in [1.807, 2.05) is 0 Å². The van der Waals surface area contributed by atoms with Gasteiger partial charge >= 0.3 is 0 Å². The van der Waals surface area contributed by atoms with Crippen LogP contribution < -0.4 is 4.74 Å². The number of hydrogen-bond donors (Lipinski definition) is 0. The third-order valence-corrected chi connectivity index (χ3v) is 7.30. The van der Waals surface area contributed by atoms with Gasteiger partial charge in [-0.3, -0.25) is 9.48 Å². The van der Waals surface area contributed by atoms with Crippen molar-refractivity contribution in [1.82, 2.24) is 4.90 Å². The van der Waals surface area contributed by atoms with Gasteiger partial charge in [0.2, 0.25) is 6.34 Å². The summed E-state index contributed by atoms with van der Waals surface area (Å²) in [6.45, 7) is 0.850. The molecule has 0 bridgehead atoms. The molecular formula is C29H27N2O+. The van der Waals surface area contributed by atoms with E-state index in [1.54, 1.807) is 7.11 Å². The van der Waals surface area contributed by atoms with Crippen LogP contribution in [0.1, 0.15) is 16.7 Å². The lowest BCUT2D eigenvalue weighted by molar-refractivity contribution is -0.580. The Balaban J connectivity index is 1.52. The third kappa shape index (κ3) is 2.57. The van der Waals surface area contributed by atoms with Crippen molar-refractivity contribution in [2.45, 2.75) is 18.1 Å². The second-order valence-electron chi connectivity index (χ2n) is 8.90. The molecule has 0 amide bonds. The minimum absolute atomic E-state index is 0.233. The van der Waals surface area contributed by atoms with E-state index >= 15 is 0 Å². The molecule has 3 nitrogen and oxygen atoms in total. The zero-order valence-corrected chi connectivity index (χ0v) is 18.5. The van der Waals surface area contributed by atoms with Gasteiger partial charge in [0.05, 0.1) is 14.2 Å². The Labute approximate surface area is 189 Å². The van der Waals surface area contributed by atoms with Crippen molar-refractivity contribution in [2.24, 2.45) is 5.92 Å². The number of methoxy groups -OCH3 is 1. The Morgan fingerprint density at radius 1 is 0.844 bits per heavy atom. The predicted molar refractivity (Wildman–Crippen MR) is 129 cm³/mol. The standard InChI is InChI=1S/C29H27N2O/c1-30-20-31(19-21-15-17-23(32-2)18-16-21)28(22-9-3-4-10-22)29(30)26-13-7-5-11-24(26)25-12-6-8-14-27(25)29/h3-18,20,22,28H,19H2,1-2H3/q+1. The fourth-order valence-electron chi connectivity index (χ4n) is 6.02. The van der Waals surface area contributed by atoms with Gasteiger partial charge in [-0.05, 0) is 28.8 Å². The Morgan fingerprint density at radius 3 is 2.03 bits per heavy atom. The summed E-state index contributed by atoms with van der Waals surface area (Å²) in [6.07, 6.45) is 11.4. The van der Waals surface area contributed by atoms with Gasteiger partial charge < -0.3 is 4.74 Å². The van der Waals surface area contributed by atoms with Crippen LogP contribution in [0.5, 0.6) is 5.75 Å². The van der Waals surface area contributed by atoms with Crippen LogP contribution >= 0.6 is 0 Å². The molecular weight excluding hydrogens is 392 g/mol. The summed E-state index contributed by atoms with van der Waals surface area (Å²) in [4.78, 5) is 2.45. The molecule has 3 heteroatoms. The van der Waals surface area contributed by atoms with Gasteiger partial charge in [0, 0.05) is 17.0 Å². The van der Waals surface area contributed by atoms with E-state index in [1.165, 1.54) is 27.8 Å². The highest BCUT2D eigenvalue weighted by atomic mass is 16.5. The molecule has 3 aliphatic rings. The fraction of sp³-hybridized carbons (Fsp3) is 0.207. The topological polar surface area (TPSA) is 15.5 Å². The summed E-state index contributed by atoms with van der Waals surface area (Å²) in [5.41, 5.74) is 6.55. The van der Waals surface area contributed by atoms with Gasteiger partial charge in [0.15, 0.2) is 11.6 Å². The number of benzene rings is 3. The fourth-order valence-corrected chi connectivity index (χ4v) is 6.02. The minimum atomic E-state index is -0.233. The Hall–Kier alpha value is -3.59. The lowest BCUT2D eigenvalue weighted by Gasteiger charge is -2.36. The molecule has 3 aromatic rings. The monoisotopic (exact) mass is 419 g/mol. The molecule has 0 aromatic heterocycles. The van der Waals surface area contributed by atoms with Crippen LogP contribution in [0.15, 0.2) is 97.1 Å². The van der Waals surface area contributed by atoms with Crippen LogP contribution in [0.2, 0.25) is 0 Å². The van der Waals surface area contributed by atoms with Gasteiger partial charge in [-0.2, -0.15) is 0 Å². The van der Waals surface area contributed by atoms with Crippen molar-refractivity contribution in [3.8, 4) is 16.9 Å². The molecule has 0 radical (unpaired) electrons. The van der Waals surface area contributed by atoms with Crippen LogP contribution in [0.25, 0.3) is 11.1 Å². The first-order valence-electron chi connectivity index (χ1n) is 11.2. The summed E-state index contributed by atoms with van der Waals surface area (Å²) >= 11 is 0. The highest BCUT2D eigenvalue weighted by molar-refractivity contribution is 5.83. The first kappa shape index (κ1) is 19.1. The summed E-state index contributed by atoms with van der Waals surface area (Å²) in [6, 6.07) is 26.6. The zero-order valence-electron chi connectivity index (χ0n) is 18.5. The number of fused-ring (bicyclic) bond motifs is 5. The van der Waals surface area contributed by atoms with Crippen LogP contribution in [0.3, 0.4) is 0 Å². The van der Waals surface area contributed by atoms with Gasteiger partial charge in [0.25, 0.3) is 0 Å². The molecule has 0 saturated heterocycles. The van der Waals surface area contributed by atoms with Gasteiger partial charge in [-0.25, -0.2) is 0 Å². The summed E-state index contributed by atoms with van der Waals surface area (Å²) in [5, 5.41) is 0. The third-order valence-electron chi connectivity index (χ3n) is 7.30. The average Bonchev–Trinajstić information content (AvgIpc) is 3.53. The van der Waals surface area contributed by atoms with Crippen LogP contribution in [-0.2, 0) is 12.1 Å². The van der Waals surface area contributed by atoms with Gasteiger partial charge in [-0.15, -0.1) is 0 Å². The molecule has 0 fully saturated rings. The van der Waals surface area contributed by atoms with Crippen molar-refractivity contribution in [2.75, 3.05) is 14.2 Å². The summed E-state index contributed by atoms with van der Waals surface area (Å²) in [7, 11) is 3.95. The first-order chi connectivity index (χ1) is 15.7. The molecule has 1 atom stereocenters. The largest absolute Gasteiger partial charge is 0.497 e. The number of hydrogen-bond acceptors (Lipinski definition) is 2. The first-order valence-corrected chi connectivity index (χ1v) is 11.2. The normalized spacial score (nSPS) is 20.0. The van der Waals surface area contributed by atoms with Crippen LogP contribution in [0, 0.1) is 5.92 Å². The number of nitrogens with zero attached hydrogens (tertiary/aromatic N) is 2. The molecule has 2 aliphatic carbocycles. The maximum Gasteiger partial charge on any atom is 0.235 e. The van der Waals surface area contributed by atoms with E-state index < -0.39 is 0 Å². The lowest BCUT2D eigenvalue weighted by atomic mass is 9.75. The van der Waals surface area contributed by atoms with Crippen LogP contribution in [-0.4, -0.2) is 36.0 Å². The van der Waals surface area contributed by atoms with E-state index in [4.69, 9.17) is 4.74 Å². The molecule has 1 aliphatic heterocycles. The number of allylic oxidation sites excluding steroid dienone is 2. The van der Waals surface area contributed by atoms with Crippen molar-refractivity contribution in [3.63, 3.8) is 0 Å².